The van der Waals surface area contributed by atoms with Crippen molar-refractivity contribution in [3.8, 4) is 5.75 Å². The SMILES string of the molecule is CCn1nc(C)c(S(=O)(=O)N2CCCC(Oc3ccncc3Cl)C2)c1C. The molecule has 3 rings (SSSR count). The van der Waals surface area contributed by atoms with E-state index in [0.717, 1.165) is 12.8 Å². The summed E-state index contributed by atoms with van der Waals surface area (Å²) < 4.78 is 35.6. The summed E-state index contributed by atoms with van der Waals surface area (Å²) in [7, 11) is -3.62. The van der Waals surface area contributed by atoms with Crippen molar-refractivity contribution < 1.29 is 13.2 Å². The predicted octanol–water partition coefficient (Wildman–Crippen LogP) is 2.80. The molecule has 0 bridgehead atoms. The Labute approximate surface area is 159 Å². The van der Waals surface area contributed by atoms with Crippen LogP contribution in [0.25, 0.3) is 0 Å². The number of hydrogen-bond acceptors (Lipinski definition) is 5. The molecule has 1 fully saturated rings. The zero-order valence-corrected chi connectivity index (χ0v) is 16.7. The van der Waals surface area contributed by atoms with Gasteiger partial charge in [-0.05, 0) is 33.6 Å². The Morgan fingerprint density at radius 3 is 2.81 bits per heavy atom. The standard InChI is InChI=1S/C17H23ClN4O3S/c1-4-22-13(3)17(12(2)20-22)26(23,24)21-9-5-6-14(11-21)25-16-7-8-19-10-15(16)18/h7-8,10,14H,4-6,9,11H2,1-3H3. The average molecular weight is 399 g/mol. The molecule has 0 radical (unpaired) electrons. The van der Waals surface area contributed by atoms with Gasteiger partial charge in [0.05, 0.1) is 17.9 Å². The van der Waals surface area contributed by atoms with Gasteiger partial charge in [-0.1, -0.05) is 11.6 Å². The van der Waals surface area contributed by atoms with Crippen LogP contribution in [0.15, 0.2) is 23.4 Å². The van der Waals surface area contributed by atoms with E-state index in [9.17, 15) is 8.42 Å². The number of piperidine rings is 1. The minimum atomic E-state index is -3.62. The second-order valence-electron chi connectivity index (χ2n) is 6.37. The van der Waals surface area contributed by atoms with E-state index < -0.39 is 10.0 Å². The van der Waals surface area contributed by atoms with E-state index in [0.29, 0.717) is 40.1 Å². The van der Waals surface area contributed by atoms with E-state index in [1.165, 1.54) is 10.5 Å². The lowest BCUT2D eigenvalue weighted by atomic mass is 10.1. The predicted molar refractivity (Wildman–Crippen MR) is 99.0 cm³/mol. The van der Waals surface area contributed by atoms with Gasteiger partial charge in [0, 0.05) is 31.5 Å². The summed E-state index contributed by atoms with van der Waals surface area (Å²) in [4.78, 5) is 4.24. The number of halogens is 1. The van der Waals surface area contributed by atoms with Gasteiger partial charge >= 0.3 is 0 Å². The first kappa shape index (κ1) is 19.1. The van der Waals surface area contributed by atoms with Crippen molar-refractivity contribution in [3.05, 3.63) is 34.9 Å². The first-order valence-corrected chi connectivity index (χ1v) is 10.5. The van der Waals surface area contributed by atoms with Gasteiger partial charge in [-0.2, -0.15) is 9.40 Å². The van der Waals surface area contributed by atoms with Crippen LogP contribution in [0.4, 0.5) is 0 Å². The molecule has 1 aliphatic rings. The highest BCUT2D eigenvalue weighted by molar-refractivity contribution is 7.89. The third kappa shape index (κ3) is 3.58. The monoisotopic (exact) mass is 398 g/mol. The number of ether oxygens (including phenoxy) is 1. The van der Waals surface area contributed by atoms with Crippen LogP contribution in [0.3, 0.4) is 0 Å². The van der Waals surface area contributed by atoms with Gasteiger partial charge < -0.3 is 4.74 Å². The summed E-state index contributed by atoms with van der Waals surface area (Å²) >= 11 is 6.10. The van der Waals surface area contributed by atoms with Gasteiger partial charge in [0.15, 0.2) is 0 Å². The molecule has 3 heterocycles. The van der Waals surface area contributed by atoms with Crippen LogP contribution < -0.4 is 4.74 Å². The number of sulfonamides is 1. The Morgan fingerprint density at radius 1 is 1.38 bits per heavy atom. The van der Waals surface area contributed by atoms with Crippen LogP contribution in [0.1, 0.15) is 31.2 Å². The van der Waals surface area contributed by atoms with E-state index in [1.807, 2.05) is 6.92 Å². The maximum absolute atomic E-state index is 13.2. The summed E-state index contributed by atoms with van der Waals surface area (Å²) in [5, 5.41) is 4.76. The van der Waals surface area contributed by atoms with Crippen molar-refractivity contribution in [1.82, 2.24) is 19.1 Å². The van der Waals surface area contributed by atoms with Gasteiger partial charge in [0.2, 0.25) is 10.0 Å². The number of pyridine rings is 1. The summed E-state index contributed by atoms with van der Waals surface area (Å²) in [5.74, 6) is 0.525. The summed E-state index contributed by atoms with van der Waals surface area (Å²) in [6.45, 7) is 6.87. The maximum atomic E-state index is 13.2. The summed E-state index contributed by atoms with van der Waals surface area (Å²) in [5.41, 5.74) is 1.20. The van der Waals surface area contributed by atoms with Gasteiger partial charge in [0.1, 0.15) is 21.8 Å². The van der Waals surface area contributed by atoms with E-state index in [1.54, 1.807) is 30.8 Å². The normalized spacial score (nSPS) is 18.8. The van der Waals surface area contributed by atoms with E-state index >= 15 is 0 Å². The highest BCUT2D eigenvalue weighted by atomic mass is 35.5. The molecule has 2 aromatic heterocycles. The lowest BCUT2D eigenvalue weighted by Crippen LogP contribution is -2.44. The van der Waals surface area contributed by atoms with Gasteiger partial charge in [0.25, 0.3) is 0 Å². The zero-order chi connectivity index (χ0) is 18.9. The van der Waals surface area contributed by atoms with Crippen molar-refractivity contribution in [1.29, 1.82) is 0 Å². The van der Waals surface area contributed by atoms with Gasteiger partial charge in [-0.3, -0.25) is 9.67 Å². The molecule has 142 valence electrons. The minimum Gasteiger partial charge on any atom is -0.487 e. The van der Waals surface area contributed by atoms with Crippen molar-refractivity contribution in [2.24, 2.45) is 0 Å². The largest absolute Gasteiger partial charge is 0.487 e. The molecule has 0 spiro atoms. The van der Waals surface area contributed by atoms with Crippen LogP contribution >= 0.6 is 11.6 Å². The molecule has 0 amide bonds. The first-order chi connectivity index (χ1) is 12.3. The highest BCUT2D eigenvalue weighted by Gasteiger charge is 2.35. The van der Waals surface area contributed by atoms with Crippen LogP contribution in [0.2, 0.25) is 5.02 Å². The summed E-state index contributed by atoms with van der Waals surface area (Å²) in [6, 6.07) is 1.69. The Bertz CT molecular complexity index is 897. The molecule has 0 N–H and O–H groups in total. The molecular formula is C17H23ClN4O3S. The summed E-state index contributed by atoms with van der Waals surface area (Å²) in [6.07, 6.45) is 4.37. The minimum absolute atomic E-state index is 0.250. The van der Waals surface area contributed by atoms with Gasteiger partial charge in [-0.15, -0.1) is 0 Å². The number of nitrogens with zero attached hydrogens (tertiary/aromatic N) is 4. The number of aromatic nitrogens is 3. The molecule has 1 atom stereocenters. The topological polar surface area (TPSA) is 77.3 Å². The molecule has 0 saturated carbocycles. The smallest absolute Gasteiger partial charge is 0.246 e. The molecule has 0 aromatic carbocycles. The highest BCUT2D eigenvalue weighted by Crippen LogP contribution is 2.29. The molecule has 1 unspecified atom stereocenters. The number of rotatable bonds is 5. The van der Waals surface area contributed by atoms with Crippen molar-refractivity contribution in [3.63, 3.8) is 0 Å². The fourth-order valence-corrected chi connectivity index (χ4v) is 5.39. The van der Waals surface area contributed by atoms with Crippen LogP contribution in [-0.4, -0.2) is 46.7 Å². The Morgan fingerprint density at radius 2 is 2.15 bits per heavy atom. The fourth-order valence-electron chi connectivity index (χ4n) is 3.35. The molecule has 0 aliphatic carbocycles. The molecular weight excluding hydrogens is 376 g/mol. The van der Waals surface area contributed by atoms with E-state index in [4.69, 9.17) is 16.3 Å². The van der Waals surface area contributed by atoms with Crippen LogP contribution in [0.5, 0.6) is 5.75 Å². The number of hydrogen-bond donors (Lipinski definition) is 0. The van der Waals surface area contributed by atoms with E-state index in [-0.39, 0.29) is 12.6 Å². The van der Waals surface area contributed by atoms with Crippen LogP contribution in [-0.2, 0) is 16.6 Å². The lowest BCUT2D eigenvalue weighted by Gasteiger charge is -2.32. The molecule has 1 saturated heterocycles. The molecule has 9 heteroatoms. The van der Waals surface area contributed by atoms with E-state index in [2.05, 4.69) is 10.1 Å². The molecule has 1 aliphatic heterocycles. The Kier molecular flexibility index (Phi) is 5.55. The Balaban J connectivity index is 1.83. The fraction of sp³-hybridized carbons (Fsp3) is 0.529. The second kappa shape index (κ2) is 7.54. The lowest BCUT2D eigenvalue weighted by molar-refractivity contribution is 0.129. The third-order valence-electron chi connectivity index (χ3n) is 4.58. The Hall–Kier alpha value is -1.64. The third-order valence-corrected chi connectivity index (χ3v) is 6.98. The van der Waals surface area contributed by atoms with Crippen molar-refractivity contribution >= 4 is 21.6 Å². The molecule has 7 nitrogen and oxygen atoms in total. The quantitative estimate of drug-likeness (QED) is 0.773. The van der Waals surface area contributed by atoms with Crippen molar-refractivity contribution in [2.75, 3.05) is 13.1 Å². The maximum Gasteiger partial charge on any atom is 0.246 e. The van der Waals surface area contributed by atoms with Crippen molar-refractivity contribution in [2.45, 2.75) is 51.2 Å². The second-order valence-corrected chi connectivity index (χ2v) is 8.65. The zero-order valence-electron chi connectivity index (χ0n) is 15.1. The first-order valence-electron chi connectivity index (χ1n) is 8.65. The average Bonchev–Trinajstić information content (AvgIpc) is 2.91. The molecule has 26 heavy (non-hydrogen) atoms. The van der Waals surface area contributed by atoms with Crippen LogP contribution in [0, 0.1) is 13.8 Å². The number of aryl methyl sites for hydroxylation is 2. The molecule has 2 aromatic rings. The van der Waals surface area contributed by atoms with Gasteiger partial charge in [-0.25, -0.2) is 8.42 Å².